The maximum atomic E-state index is 6.28. The molecular weight excluding hydrogens is 592 g/mol. The van der Waals surface area contributed by atoms with Crippen LogP contribution < -0.4 is 16.0 Å². The molecular formula is C42H30N4O2. The van der Waals surface area contributed by atoms with Crippen LogP contribution in [0.25, 0.3) is 60.9 Å². The van der Waals surface area contributed by atoms with E-state index in [4.69, 9.17) is 13.8 Å². The van der Waals surface area contributed by atoms with Gasteiger partial charge in [-0.2, -0.15) is 0 Å². The molecule has 48 heavy (non-hydrogen) atoms. The van der Waals surface area contributed by atoms with E-state index in [2.05, 4.69) is 125 Å². The highest BCUT2D eigenvalue weighted by Gasteiger charge is 2.29. The van der Waals surface area contributed by atoms with Crippen molar-refractivity contribution in [1.29, 1.82) is 0 Å². The van der Waals surface area contributed by atoms with Gasteiger partial charge in [0, 0.05) is 39.4 Å². The van der Waals surface area contributed by atoms with Crippen molar-refractivity contribution in [3.05, 3.63) is 156 Å². The lowest BCUT2D eigenvalue weighted by Gasteiger charge is -2.33. The molecule has 0 amide bonds. The number of anilines is 1. The number of amidine groups is 1. The van der Waals surface area contributed by atoms with Gasteiger partial charge in [0.25, 0.3) is 0 Å². The summed E-state index contributed by atoms with van der Waals surface area (Å²) < 4.78 is 12.5. The zero-order valence-electron chi connectivity index (χ0n) is 25.9. The summed E-state index contributed by atoms with van der Waals surface area (Å²) in [6.45, 7) is 0.764. The van der Waals surface area contributed by atoms with E-state index in [1.807, 2.05) is 30.3 Å². The Morgan fingerprint density at radius 2 is 1.29 bits per heavy atom. The van der Waals surface area contributed by atoms with E-state index in [9.17, 15) is 0 Å². The predicted octanol–water partition coefficient (Wildman–Crippen LogP) is 9.93. The van der Waals surface area contributed by atoms with Crippen molar-refractivity contribution in [1.82, 2.24) is 10.6 Å². The molecule has 2 aliphatic rings. The molecule has 3 N–H and O–H groups in total. The van der Waals surface area contributed by atoms with Crippen molar-refractivity contribution in [2.24, 2.45) is 4.99 Å². The maximum Gasteiger partial charge on any atom is 0.201 e. The zero-order valence-corrected chi connectivity index (χ0v) is 25.9. The molecule has 2 aliphatic heterocycles. The van der Waals surface area contributed by atoms with Gasteiger partial charge in [-0.25, -0.2) is 4.99 Å². The second-order valence-electron chi connectivity index (χ2n) is 12.4. The van der Waals surface area contributed by atoms with Crippen LogP contribution in [0, 0.1) is 0 Å². The third-order valence-corrected chi connectivity index (χ3v) is 9.61. The van der Waals surface area contributed by atoms with Gasteiger partial charge in [-0.05, 0) is 45.7 Å². The number of nitrogens with one attached hydrogen (secondary N) is 3. The van der Waals surface area contributed by atoms with Crippen molar-refractivity contribution >= 4 is 61.5 Å². The first kappa shape index (κ1) is 27.0. The molecule has 2 unspecified atom stereocenters. The molecule has 0 bridgehead atoms. The van der Waals surface area contributed by atoms with Crippen LogP contribution in [0.15, 0.2) is 147 Å². The topological polar surface area (TPSA) is 74.7 Å². The Labute approximate surface area is 276 Å². The number of furan rings is 2. The number of para-hydroxylation sites is 1. The van der Waals surface area contributed by atoms with Gasteiger partial charge in [0.1, 0.15) is 34.9 Å². The second kappa shape index (κ2) is 10.7. The van der Waals surface area contributed by atoms with E-state index in [-0.39, 0.29) is 12.3 Å². The summed E-state index contributed by atoms with van der Waals surface area (Å²) in [4.78, 5) is 5.32. The van der Waals surface area contributed by atoms with Crippen molar-refractivity contribution in [2.45, 2.75) is 12.3 Å². The van der Waals surface area contributed by atoms with E-state index in [0.29, 0.717) is 0 Å². The molecule has 0 saturated heterocycles. The van der Waals surface area contributed by atoms with E-state index in [0.717, 1.165) is 95.3 Å². The van der Waals surface area contributed by atoms with Gasteiger partial charge in [0.15, 0.2) is 0 Å². The van der Waals surface area contributed by atoms with Crippen LogP contribution in [0.2, 0.25) is 0 Å². The first-order chi connectivity index (χ1) is 23.8. The summed E-state index contributed by atoms with van der Waals surface area (Å²) in [5.41, 5.74) is 9.29. The lowest BCUT2D eigenvalue weighted by atomic mass is 9.91. The van der Waals surface area contributed by atoms with Crippen LogP contribution in [0.1, 0.15) is 34.6 Å². The Bertz CT molecular complexity index is 2590. The summed E-state index contributed by atoms with van der Waals surface area (Å²) in [6, 6.07) is 44.3. The minimum absolute atomic E-state index is 0.226. The van der Waals surface area contributed by atoms with Crippen LogP contribution >= 0.6 is 0 Å². The molecule has 10 rings (SSSR count). The highest BCUT2D eigenvalue weighted by atomic mass is 16.4. The van der Waals surface area contributed by atoms with Crippen molar-refractivity contribution in [3.8, 4) is 11.1 Å². The summed E-state index contributed by atoms with van der Waals surface area (Å²) in [7, 11) is 0. The second-order valence-corrected chi connectivity index (χ2v) is 12.4. The van der Waals surface area contributed by atoms with Gasteiger partial charge in [-0.3, -0.25) is 5.32 Å². The summed E-state index contributed by atoms with van der Waals surface area (Å²) >= 11 is 0. The summed E-state index contributed by atoms with van der Waals surface area (Å²) in [6.07, 6.45) is 3.82. The number of aliphatic imine (C=N–C) groups is 1. The molecule has 230 valence electrons. The average Bonchev–Trinajstić information content (AvgIpc) is 3.73. The highest BCUT2D eigenvalue weighted by molar-refractivity contribution is 6.16. The molecule has 6 heteroatoms. The van der Waals surface area contributed by atoms with Crippen molar-refractivity contribution < 1.29 is 8.83 Å². The molecule has 2 aromatic heterocycles. The fourth-order valence-corrected chi connectivity index (χ4v) is 7.46. The fourth-order valence-electron chi connectivity index (χ4n) is 7.46. The first-order valence-corrected chi connectivity index (χ1v) is 16.3. The number of fused-ring (bicyclic) bond motifs is 7. The molecule has 6 aromatic carbocycles. The van der Waals surface area contributed by atoms with Gasteiger partial charge in [-0.1, -0.05) is 121 Å². The van der Waals surface area contributed by atoms with Crippen LogP contribution in [0.4, 0.5) is 5.88 Å². The van der Waals surface area contributed by atoms with E-state index >= 15 is 0 Å². The number of benzene rings is 6. The number of hydrogen-bond acceptors (Lipinski definition) is 6. The molecule has 4 heterocycles. The maximum absolute atomic E-state index is 6.28. The van der Waals surface area contributed by atoms with E-state index in [1.54, 1.807) is 0 Å². The lowest BCUT2D eigenvalue weighted by Crippen LogP contribution is -2.45. The molecule has 0 radical (unpaired) electrons. The molecule has 0 fully saturated rings. The standard InChI is InChI=1S/C42H30N4O2/c1-2-11-25(12-3-1)39-44-40(46-41(45-39)32-17-9-20-35-38(32)31-15-6-7-19-34(31)47-35)30-23-22-28(26-13-4-5-14-27(26)30)29-16-8-21-36-37(29)33-18-10-24-43-42(33)48-36/h1-23,39,41,43,45H,24H2,(H,44,46). The van der Waals surface area contributed by atoms with Gasteiger partial charge in [0.05, 0.1) is 0 Å². The van der Waals surface area contributed by atoms with Crippen LogP contribution in [-0.4, -0.2) is 12.4 Å². The number of nitrogens with zero attached hydrogens (tertiary/aromatic N) is 1. The van der Waals surface area contributed by atoms with Gasteiger partial charge in [-0.15, -0.1) is 0 Å². The normalized spacial score (nSPS) is 17.4. The van der Waals surface area contributed by atoms with Crippen molar-refractivity contribution in [3.63, 3.8) is 0 Å². The third-order valence-electron chi connectivity index (χ3n) is 9.61. The van der Waals surface area contributed by atoms with Crippen LogP contribution in [-0.2, 0) is 0 Å². The van der Waals surface area contributed by atoms with E-state index in [1.165, 1.54) is 0 Å². The lowest BCUT2D eigenvalue weighted by molar-refractivity contribution is 0.411. The van der Waals surface area contributed by atoms with Gasteiger partial charge in [0.2, 0.25) is 5.88 Å². The summed E-state index contributed by atoms with van der Waals surface area (Å²) in [5.74, 6) is 1.67. The molecule has 0 spiro atoms. The Morgan fingerprint density at radius 1 is 0.583 bits per heavy atom. The zero-order chi connectivity index (χ0) is 31.6. The highest BCUT2D eigenvalue weighted by Crippen LogP contribution is 2.42. The van der Waals surface area contributed by atoms with Crippen molar-refractivity contribution in [2.75, 3.05) is 11.9 Å². The minimum atomic E-state index is -0.259. The molecule has 0 saturated carbocycles. The molecule has 2 atom stereocenters. The Morgan fingerprint density at radius 3 is 2.17 bits per heavy atom. The fraction of sp³-hybridized carbons (Fsp3) is 0.0714. The monoisotopic (exact) mass is 622 g/mol. The SMILES string of the molecule is C1=Cc2c(oc3cccc(-c4ccc(C5=NC(c6ccccc6)NC(c6cccc7oc8ccccc8c67)N5)c5ccccc45)c23)NC1. The number of rotatable bonds is 4. The smallest absolute Gasteiger partial charge is 0.201 e. The minimum Gasteiger partial charge on any atom is -0.456 e. The Balaban J connectivity index is 1.15. The van der Waals surface area contributed by atoms with Gasteiger partial charge < -0.3 is 19.5 Å². The molecule has 0 aliphatic carbocycles. The molecule has 8 aromatic rings. The predicted molar refractivity (Wildman–Crippen MR) is 195 cm³/mol. The molecule has 6 nitrogen and oxygen atoms in total. The number of hydrogen-bond donors (Lipinski definition) is 3. The van der Waals surface area contributed by atoms with Crippen LogP contribution in [0.3, 0.4) is 0 Å². The summed E-state index contributed by atoms with van der Waals surface area (Å²) in [5, 5.41) is 16.6. The van der Waals surface area contributed by atoms with E-state index < -0.39 is 0 Å². The average molecular weight is 623 g/mol. The third kappa shape index (κ3) is 4.20. The Kier molecular flexibility index (Phi) is 6.04. The van der Waals surface area contributed by atoms with Gasteiger partial charge >= 0.3 is 0 Å². The first-order valence-electron chi connectivity index (χ1n) is 16.3. The largest absolute Gasteiger partial charge is 0.456 e. The quantitative estimate of drug-likeness (QED) is 0.182. The Hall–Kier alpha value is -6.11. The van der Waals surface area contributed by atoms with Crippen LogP contribution in [0.5, 0.6) is 0 Å².